The molecule has 0 amide bonds. The first-order chi connectivity index (χ1) is 7.92. The number of nitrogens with zero attached hydrogens (tertiary/aromatic N) is 2. The van der Waals surface area contributed by atoms with Gasteiger partial charge in [-0.2, -0.15) is 4.98 Å². The summed E-state index contributed by atoms with van der Waals surface area (Å²) >= 11 is 0. The molecule has 1 aromatic rings. The molecule has 2 saturated heterocycles. The topological polar surface area (TPSA) is 60.2 Å². The minimum absolute atomic E-state index is 0.436. The highest BCUT2D eigenvalue weighted by atomic mass is 16.5. The van der Waals surface area contributed by atoms with E-state index < -0.39 is 0 Å². The fourth-order valence-corrected chi connectivity index (χ4v) is 2.21. The summed E-state index contributed by atoms with van der Waals surface area (Å²) in [4.78, 5) is 4.49. The number of rotatable bonds is 3. The number of nitrogens with one attached hydrogen (secondary N) is 1. The Balaban J connectivity index is 1.61. The molecule has 1 N–H and O–H groups in total. The van der Waals surface area contributed by atoms with Gasteiger partial charge in [-0.05, 0) is 31.8 Å². The molecule has 2 aliphatic heterocycles. The van der Waals surface area contributed by atoms with Crippen molar-refractivity contribution in [2.24, 2.45) is 5.92 Å². The second kappa shape index (κ2) is 4.51. The predicted octanol–water partition coefficient (Wildman–Crippen LogP) is 0.725. The molecule has 0 spiro atoms. The van der Waals surface area contributed by atoms with Crippen LogP contribution in [0.5, 0.6) is 0 Å². The highest BCUT2D eigenvalue weighted by molar-refractivity contribution is 4.98. The zero-order chi connectivity index (χ0) is 10.8. The maximum absolute atomic E-state index is 5.32. The third kappa shape index (κ3) is 2.10. The Morgan fingerprint density at radius 3 is 2.75 bits per heavy atom. The van der Waals surface area contributed by atoms with E-state index in [2.05, 4.69) is 15.5 Å². The smallest absolute Gasteiger partial charge is 0.227 e. The lowest BCUT2D eigenvalue weighted by Gasteiger charge is -2.25. The fourth-order valence-electron chi connectivity index (χ4n) is 2.21. The van der Waals surface area contributed by atoms with E-state index in [1.54, 1.807) is 0 Å². The Morgan fingerprint density at radius 2 is 2.06 bits per heavy atom. The third-order valence-electron chi connectivity index (χ3n) is 3.40. The first kappa shape index (κ1) is 10.2. The van der Waals surface area contributed by atoms with Crippen LogP contribution < -0.4 is 5.32 Å². The second-order valence-corrected chi connectivity index (χ2v) is 4.66. The highest BCUT2D eigenvalue weighted by Gasteiger charge is 2.24. The molecule has 88 valence electrons. The molecular formula is C11H17N3O2. The Bertz CT molecular complexity index is 343. The zero-order valence-corrected chi connectivity index (χ0v) is 9.32. The monoisotopic (exact) mass is 223 g/mol. The number of aromatic nitrogens is 2. The van der Waals surface area contributed by atoms with Gasteiger partial charge in [-0.3, -0.25) is 0 Å². The molecule has 0 bridgehead atoms. The van der Waals surface area contributed by atoms with Crippen LogP contribution in [0.3, 0.4) is 0 Å². The summed E-state index contributed by atoms with van der Waals surface area (Å²) < 4.78 is 10.6. The summed E-state index contributed by atoms with van der Waals surface area (Å²) in [6.45, 7) is 3.80. The first-order valence-electron chi connectivity index (χ1n) is 6.03. The van der Waals surface area contributed by atoms with Gasteiger partial charge in [-0.15, -0.1) is 0 Å². The fraction of sp³-hybridized carbons (Fsp3) is 0.818. The molecule has 0 unspecified atom stereocenters. The average molecular weight is 223 g/mol. The molecule has 0 radical (unpaired) electrons. The van der Waals surface area contributed by atoms with Gasteiger partial charge >= 0.3 is 0 Å². The lowest BCUT2D eigenvalue weighted by molar-refractivity contribution is 0.0830. The van der Waals surface area contributed by atoms with Crippen molar-refractivity contribution >= 4 is 0 Å². The van der Waals surface area contributed by atoms with Gasteiger partial charge in [0.1, 0.15) is 0 Å². The van der Waals surface area contributed by atoms with E-state index in [0.717, 1.165) is 57.3 Å². The van der Waals surface area contributed by atoms with Crippen LogP contribution in [0.2, 0.25) is 0 Å². The van der Waals surface area contributed by atoms with Crippen LogP contribution in [-0.4, -0.2) is 36.4 Å². The van der Waals surface area contributed by atoms with Crippen molar-refractivity contribution in [3.63, 3.8) is 0 Å². The minimum atomic E-state index is 0.436. The molecule has 0 aliphatic carbocycles. The van der Waals surface area contributed by atoms with E-state index in [1.807, 2.05) is 0 Å². The number of ether oxygens (including phenoxy) is 1. The first-order valence-corrected chi connectivity index (χ1v) is 6.03. The van der Waals surface area contributed by atoms with Crippen LogP contribution in [-0.2, 0) is 11.2 Å². The Labute approximate surface area is 94.6 Å². The average Bonchev–Trinajstić information content (AvgIpc) is 2.73. The Kier molecular flexibility index (Phi) is 2.88. The molecule has 1 aromatic heterocycles. The molecule has 3 rings (SSSR count). The van der Waals surface area contributed by atoms with E-state index in [4.69, 9.17) is 9.26 Å². The Hall–Kier alpha value is -0.940. The third-order valence-corrected chi connectivity index (χ3v) is 3.40. The van der Waals surface area contributed by atoms with Gasteiger partial charge in [0.25, 0.3) is 0 Å². The molecule has 0 atom stereocenters. The molecule has 16 heavy (non-hydrogen) atoms. The molecule has 5 heteroatoms. The van der Waals surface area contributed by atoms with Crippen LogP contribution in [0, 0.1) is 5.92 Å². The Morgan fingerprint density at radius 1 is 1.25 bits per heavy atom. The minimum Gasteiger partial charge on any atom is -0.381 e. The van der Waals surface area contributed by atoms with Gasteiger partial charge in [0.05, 0.1) is 0 Å². The van der Waals surface area contributed by atoms with Crippen molar-refractivity contribution < 1.29 is 9.26 Å². The van der Waals surface area contributed by atoms with Crippen LogP contribution >= 0.6 is 0 Å². The lowest BCUT2D eigenvalue weighted by atomic mass is 9.99. The predicted molar refractivity (Wildman–Crippen MR) is 57.2 cm³/mol. The van der Waals surface area contributed by atoms with Crippen LogP contribution in [0.25, 0.3) is 0 Å². The van der Waals surface area contributed by atoms with Crippen LogP contribution in [0.4, 0.5) is 0 Å². The van der Waals surface area contributed by atoms with Gasteiger partial charge < -0.3 is 14.6 Å². The van der Waals surface area contributed by atoms with Gasteiger partial charge in [-0.25, -0.2) is 0 Å². The van der Waals surface area contributed by atoms with E-state index in [9.17, 15) is 0 Å². The molecule has 0 saturated carbocycles. The molecule has 3 heterocycles. The maximum Gasteiger partial charge on any atom is 0.227 e. The normalized spacial score (nSPS) is 23.2. The number of hydrogen-bond acceptors (Lipinski definition) is 5. The molecule has 5 nitrogen and oxygen atoms in total. The van der Waals surface area contributed by atoms with E-state index in [-0.39, 0.29) is 0 Å². The van der Waals surface area contributed by atoms with Crippen molar-refractivity contribution in [3.8, 4) is 0 Å². The summed E-state index contributed by atoms with van der Waals surface area (Å²) in [5.74, 6) is 2.80. The lowest BCUT2D eigenvalue weighted by Crippen LogP contribution is -2.43. The second-order valence-electron chi connectivity index (χ2n) is 4.66. The molecule has 2 aliphatic rings. The van der Waals surface area contributed by atoms with E-state index >= 15 is 0 Å². The highest BCUT2D eigenvalue weighted by Crippen LogP contribution is 2.24. The quantitative estimate of drug-likeness (QED) is 0.818. The molecular weight excluding hydrogens is 206 g/mol. The summed E-state index contributed by atoms with van der Waals surface area (Å²) in [5.41, 5.74) is 0. The van der Waals surface area contributed by atoms with Gasteiger partial charge in [-0.1, -0.05) is 5.16 Å². The van der Waals surface area contributed by atoms with Crippen molar-refractivity contribution in [1.82, 2.24) is 15.5 Å². The SMILES string of the molecule is C1CC(c2noc(CC3CNC3)n2)CCO1. The van der Waals surface area contributed by atoms with Gasteiger partial charge in [0.15, 0.2) is 5.82 Å². The van der Waals surface area contributed by atoms with Crippen LogP contribution in [0.1, 0.15) is 30.5 Å². The summed E-state index contributed by atoms with van der Waals surface area (Å²) in [5, 5.41) is 7.33. The summed E-state index contributed by atoms with van der Waals surface area (Å²) in [6, 6.07) is 0. The van der Waals surface area contributed by atoms with Crippen molar-refractivity contribution in [2.45, 2.75) is 25.2 Å². The van der Waals surface area contributed by atoms with Crippen molar-refractivity contribution in [2.75, 3.05) is 26.3 Å². The molecule has 0 aromatic carbocycles. The van der Waals surface area contributed by atoms with E-state index in [1.165, 1.54) is 0 Å². The molecule has 2 fully saturated rings. The van der Waals surface area contributed by atoms with Crippen LogP contribution in [0.15, 0.2) is 4.52 Å². The van der Waals surface area contributed by atoms with Gasteiger partial charge in [0, 0.05) is 25.6 Å². The summed E-state index contributed by atoms with van der Waals surface area (Å²) in [6.07, 6.45) is 2.96. The number of hydrogen-bond donors (Lipinski definition) is 1. The standard InChI is InChI=1S/C11H17N3O2/c1-3-15-4-2-9(1)11-13-10(16-14-11)5-8-6-12-7-8/h8-9,12H,1-7H2. The van der Waals surface area contributed by atoms with Gasteiger partial charge in [0.2, 0.25) is 5.89 Å². The largest absolute Gasteiger partial charge is 0.381 e. The van der Waals surface area contributed by atoms with E-state index in [0.29, 0.717) is 11.8 Å². The summed E-state index contributed by atoms with van der Waals surface area (Å²) in [7, 11) is 0. The maximum atomic E-state index is 5.32. The van der Waals surface area contributed by atoms with Crippen molar-refractivity contribution in [1.29, 1.82) is 0 Å². The zero-order valence-electron chi connectivity index (χ0n) is 9.32. The van der Waals surface area contributed by atoms with Crippen molar-refractivity contribution in [3.05, 3.63) is 11.7 Å².